The highest BCUT2D eigenvalue weighted by Gasteiger charge is 2.16. The van der Waals surface area contributed by atoms with Gasteiger partial charge >= 0.3 is 5.97 Å². The van der Waals surface area contributed by atoms with Crippen LogP contribution in [-0.2, 0) is 16.0 Å². The summed E-state index contributed by atoms with van der Waals surface area (Å²) in [6, 6.07) is 2.58. The highest BCUT2D eigenvalue weighted by atomic mass is 35.5. The number of methoxy groups -OCH3 is 1. The SMILES string of the molecule is COC(=O)C(N)Cc1cc(F)ccc1O.Cl. The molecule has 1 aromatic carbocycles. The summed E-state index contributed by atoms with van der Waals surface area (Å²) in [6.45, 7) is 0. The fourth-order valence-corrected chi connectivity index (χ4v) is 1.19. The van der Waals surface area contributed by atoms with Crippen molar-refractivity contribution in [3.8, 4) is 5.75 Å². The van der Waals surface area contributed by atoms with Crippen molar-refractivity contribution < 1.29 is 19.0 Å². The molecular weight excluding hydrogens is 237 g/mol. The molecule has 6 heteroatoms. The van der Waals surface area contributed by atoms with E-state index in [1.807, 2.05) is 0 Å². The summed E-state index contributed by atoms with van der Waals surface area (Å²) in [5.41, 5.74) is 5.76. The maximum absolute atomic E-state index is 12.8. The summed E-state index contributed by atoms with van der Waals surface area (Å²) >= 11 is 0. The van der Waals surface area contributed by atoms with E-state index in [4.69, 9.17) is 5.73 Å². The first-order chi connectivity index (χ1) is 7.04. The van der Waals surface area contributed by atoms with Crippen molar-refractivity contribution in [2.75, 3.05) is 7.11 Å². The number of hydrogen-bond acceptors (Lipinski definition) is 4. The minimum atomic E-state index is -0.900. The van der Waals surface area contributed by atoms with Gasteiger partial charge < -0.3 is 15.6 Å². The topological polar surface area (TPSA) is 72.5 Å². The van der Waals surface area contributed by atoms with Gasteiger partial charge in [-0.25, -0.2) is 4.39 Å². The zero-order valence-corrected chi connectivity index (χ0v) is 9.46. The fraction of sp³-hybridized carbons (Fsp3) is 0.300. The Kier molecular flexibility index (Phi) is 5.77. The molecule has 0 aliphatic heterocycles. The van der Waals surface area contributed by atoms with Crippen LogP contribution in [0.1, 0.15) is 5.56 Å². The van der Waals surface area contributed by atoms with Crippen LogP contribution in [-0.4, -0.2) is 24.2 Å². The van der Waals surface area contributed by atoms with Crippen molar-refractivity contribution >= 4 is 18.4 Å². The Hall–Kier alpha value is -1.33. The number of phenolic OH excluding ortho intramolecular Hbond substituents is 1. The number of esters is 1. The summed E-state index contributed by atoms with van der Waals surface area (Å²) in [5, 5.41) is 9.36. The van der Waals surface area contributed by atoms with Crippen LogP contribution >= 0.6 is 12.4 Å². The molecule has 4 nitrogen and oxygen atoms in total. The molecule has 0 aromatic heterocycles. The van der Waals surface area contributed by atoms with Crippen LogP contribution in [0.5, 0.6) is 5.75 Å². The average molecular weight is 250 g/mol. The number of halogens is 2. The first kappa shape index (κ1) is 14.7. The number of phenols is 1. The average Bonchev–Trinajstić information content (AvgIpc) is 2.22. The number of aromatic hydroxyl groups is 1. The van der Waals surface area contributed by atoms with Crippen LogP contribution in [0, 0.1) is 5.82 Å². The minimum absolute atomic E-state index is 0. The number of hydrogen-bond donors (Lipinski definition) is 2. The Morgan fingerprint density at radius 3 is 2.81 bits per heavy atom. The number of carbonyl (C=O) groups excluding carboxylic acids is 1. The maximum atomic E-state index is 12.8. The molecule has 1 aromatic rings. The van der Waals surface area contributed by atoms with E-state index in [1.165, 1.54) is 13.2 Å². The zero-order valence-electron chi connectivity index (χ0n) is 8.64. The van der Waals surface area contributed by atoms with E-state index < -0.39 is 17.8 Å². The van der Waals surface area contributed by atoms with E-state index in [0.717, 1.165) is 12.1 Å². The summed E-state index contributed by atoms with van der Waals surface area (Å²) in [7, 11) is 1.22. The van der Waals surface area contributed by atoms with E-state index in [-0.39, 0.29) is 30.1 Å². The second-order valence-corrected chi connectivity index (χ2v) is 3.11. The predicted molar refractivity (Wildman–Crippen MR) is 59.0 cm³/mol. The first-order valence-corrected chi connectivity index (χ1v) is 4.35. The molecule has 1 rings (SSSR count). The molecule has 0 heterocycles. The number of nitrogens with two attached hydrogens (primary N) is 1. The molecule has 90 valence electrons. The molecular formula is C10H13ClFNO3. The Bertz CT molecular complexity index is 373. The van der Waals surface area contributed by atoms with Crippen LogP contribution in [0.3, 0.4) is 0 Å². The van der Waals surface area contributed by atoms with Gasteiger partial charge in [-0.3, -0.25) is 4.79 Å². The van der Waals surface area contributed by atoms with Gasteiger partial charge in [0.05, 0.1) is 7.11 Å². The normalized spacial score (nSPS) is 11.4. The summed E-state index contributed by atoms with van der Waals surface area (Å²) < 4.78 is 17.2. The molecule has 0 radical (unpaired) electrons. The molecule has 0 saturated carbocycles. The Morgan fingerprint density at radius 1 is 1.62 bits per heavy atom. The largest absolute Gasteiger partial charge is 0.508 e. The van der Waals surface area contributed by atoms with Crippen molar-refractivity contribution in [3.05, 3.63) is 29.6 Å². The molecule has 1 unspecified atom stereocenters. The van der Waals surface area contributed by atoms with E-state index in [1.54, 1.807) is 0 Å². The molecule has 0 saturated heterocycles. The molecule has 0 fully saturated rings. The number of rotatable bonds is 3. The molecule has 0 spiro atoms. The van der Waals surface area contributed by atoms with Gasteiger partial charge in [-0.15, -0.1) is 12.4 Å². The van der Waals surface area contributed by atoms with Gasteiger partial charge in [0.2, 0.25) is 0 Å². The summed E-state index contributed by atoms with van der Waals surface area (Å²) in [4.78, 5) is 11.0. The molecule has 0 bridgehead atoms. The lowest BCUT2D eigenvalue weighted by Crippen LogP contribution is -2.33. The number of benzene rings is 1. The van der Waals surface area contributed by atoms with Gasteiger partial charge in [0.15, 0.2) is 0 Å². The smallest absolute Gasteiger partial charge is 0.322 e. The third-order valence-corrected chi connectivity index (χ3v) is 1.99. The zero-order chi connectivity index (χ0) is 11.4. The second kappa shape index (κ2) is 6.30. The van der Waals surface area contributed by atoms with E-state index in [0.29, 0.717) is 0 Å². The predicted octanol–water partition coefficient (Wildman–Crippen LogP) is 0.996. The van der Waals surface area contributed by atoms with Gasteiger partial charge in [-0.2, -0.15) is 0 Å². The third-order valence-electron chi connectivity index (χ3n) is 1.99. The van der Waals surface area contributed by atoms with E-state index in [2.05, 4.69) is 4.74 Å². The number of ether oxygens (including phenoxy) is 1. The van der Waals surface area contributed by atoms with Gasteiger partial charge in [0, 0.05) is 6.42 Å². The Morgan fingerprint density at radius 2 is 2.25 bits per heavy atom. The Labute approximate surface area is 98.6 Å². The van der Waals surface area contributed by atoms with Gasteiger partial charge in [-0.1, -0.05) is 0 Å². The standard InChI is InChI=1S/C10H12FNO3.ClH/c1-15-10(14)8(12)5-6-4-7(11)2-3-9(6)13;/h2-4,8,13H,5,12H2,1H3;1H. The van der Waals surface area contributed by atoms with Crippen LogP contribution < -0.4 is 5.73 Å². The molecule has 16 heavy (non-hydrogen) atoms. The van der Waals surface area contributed by atoms with Gasteiger partial charge in [-0.05, 0) is 23.8 Å². The molecule has 0 amide bonds. The summed E-state index contributed by atoms with van der Waals surface area (Å²) in [6.07, 6.45) is 0.0380. The minimum Gasteiger partial charge on any atom is -0.508 e. The van der Waals surface area contributed by atoms with Crippen molar-refractivity contribution in [1.29, 1.82) is 0 Å². The lowest BCUT2D eigenvalue weighted by molar-refractivity contribution is -0.142. The number of carbonyl (C=O) groups is 1. The lowest BCUT2D eigenvalue weighted by atomic mass is 10.1. The van der Waals surface area contributed by atoms with Crippen LogP contribution in [0.2, 0.25) is 0 Å². The molecule has 0 aliphatic carbocycles. The van der Waals surface area contributed by atoms with Crippen LogP contribution in [0.15, 0.2) is 18.2 Å². The van der Waals surface area contributed by atoms with Crippen LogP contribution in [0.4, 0.5) is 4.39 Å². The third kappa shape index (κ3) is 3.67. The lowest BCUT2D eigenvalue weighted by Gasteiger charge is -2.10. The maximum Gasteiger partial charge on any atom is 0.322 e. The van der Waals surface area contributed by atoms with Gasteiger partial charge in [0.25, 0.3) is 0 Å². The fourth-order valence-electron chi connectivity index (χ4n) is 1.19. The van der Waals surface area contributed by atoms with E-state index in [9.17, 15) is 14.3 Å². The van der Waals surface area contributed by atoms with Crippen LogP contribution in [0.25, 0.3) is 0 Å². The van der Waals surface area contributed by atoms with E-state index >= 15 is 0 Å². The van der Waals surface area contributed by atoms with Crippen molar-refractivity contribution in [2.24, 2.45) is 5.73 Å². The quantitative estimate of drug-likeness (QED) is 0.784. The first-order valence-electron chi connectivity index (χ1n) is 4.35. The van der Waals surface area contributed by atoms with Gasteiger partial charge in [0.1, 0.15) is 17.6 Å². The highest BCUT2D eigenvalue weighted by Crippen LogP contribution is 2.19. The Balaban J connectivity index is 0.00000225. The molecule has 1 atom stereocenters. The second-order valence-electron chi connectivity index (χ2n) is 3.11. The monoisotopic (exact) mass is 249 g/mol. The highest BCUT2D eigenvalue weighted by molar-refractivity contribution is 5.85. The molecule has 0 aliphatic rings. The molecule has 3 N–H and O–H groups in total. The van der Waals surface area contributed by atoms with Crippen molar-refractivity contribution in [1.82, 2.24) is 0 Å². The van der Waals surface area contributed by atoms with Crippen molar-refractivity contribution in [3.63, 3.8) is 0 Å². The summed E-state index contributed by atoms with van der Waals surface area (Å²) in [5.74, 6) is -1.17. The van der Waals surface area contributed by atoms with Crippen molar-refractivity contribution in [2.45, 2.75) is 12.5 Å².